The molecule has 1 aliphatic rings. The Hall–Kier alpha value is -1.87. The SMILES string of the molecule is CCC1(Cc2ccccc2)C[C@H](O)c2cc(F)ccc2O1. The van der Waals surface area contributed by atoms with E-state index in [1.165, 1.54) is 17.7 Å². The molecule has 0 saturated heterocycles. The van der Waals surface area contributed by atoms with Crippen molar-refractivity contribution in [2.45, 2.75) is 37.9 Å². The molecule has 1 unspecified atom stereocenters. The third kappa shape index (κ3) is 2.79. The van der Waals surface area contributed by atoms with Gasteiger partial charge >= 0.3 is 0 Å². The third-order valence-electron chi connectivity index (χ3n) is 4.24. The summed E-state index contributed by atoms with van der Waals surface area (Å²) in [5, 5.41) is 10.4. The summed E-state index contributed by atoms with van der Waals surface area (Å²) in [6.07, 6.45) is 1.32. The van der Waals surface area contributed by atoms with Crippen LogP contribution in [0.3, 0.4) is 0 Å². The van der Waals surface area contributed by atoms with E-state index in [1.54, 1.807) is 6.07 Å². The molecule has 3 heteroatoms. The van der Waals surface area contributed by atoms with Crippen molar-refractivity contribution in [3.8, 4) is 5.75 Å². The fourth-order valence-electron chi connectivity index (χ4n) is 3.03. The second-order valence-corrected chi connectivity index (χ2v) is 5.70. The Morgan fingerprint density at radius 2 is 2.00 bits per heavy atom. The minimum atomic E-state index is -0.687. The van der Waals surface area contributed by atoms with Crippen LogP contribution in [0.25, 0.3) is 0 Å². The molecule has 21 heavy (non-hydrogen) atoms. The van der Waals surface area contributed by atoms with E-state index >= 15 is 0 Å². The number of rotatable bonds is 3. The number of fused-ring (bicyclic) bond motifs is 1. The number of ether oxygens (including phenoxy) is 1. The maximum atomic E-state index is 13.3. The van der Waals surface area contributed by atoms with Gasteiger partial charge < -0.3 is 9.84 Å². The van der Waals surface area contributed by atoms with Gasteiger partial charge in [0.25, 0.3) is 0 Å². The van der Waals surface area contributed by atoms with E-state index in [2.05, 4.69) is 19.1 Å². The summed E-state index contributed by atoms with van der Waals surface area (Å²) >= 11 is 0. The zero-order valence-electron chi connectivity index (χ0n) is 12.1. The molecule has 2 nitrogen and oxygen atoms in total. The van der Waals surface area contributed by atoms with Crippen LogP contribution in [0.4, 0.5) is 4.39 Å². The lowest BCUT2D eigenvalue weighted by molar-refractivity contribution is -0.0170. The lowest BCUT2D eigenvalue weighted by atomic mass is 9.82. The fourth-order valence-corrected chi connectivity index (χ4v) is 3.03. The first-order chi connectivity index (χ1) is 10.1. The van der Waals surface area contributed by atoms with E-state index in [1.807, 2.05) is 18.2 Å². The second kappa shape index (κ2) is 5.49. The van der Waals surface area contributed by atoms with Gasteiger partial charge in [0.15, 0.2) is 0 Å². The quantitative estimate of drug-likeness (QED) is 0.923. The molecule has 2 aromatic carbocycles. The Morgan fingerprint density at radius 1 is 1.24 bits per heavy atom. The van der Waals surface area contributed by atoms with Gasteiger partial charge in [-0.15, -0.1) is 0 Å². The Balaban J connectivity index is 1.92. The topological polar surface area (TPSA) is 29.5 Å². The van der Waals surface area contributed by atoms with Crippen molar-refractivity contribution in [2.75, 3.05) is 0 Å². The molecule has 0 saturated carbocycles. The Morgan fingerprint density at radius 3 is 2.71 bits per heavy atom. The lowest BCUT2D eigenvalue weighted by Gasteiger charge is -2.40. The van der Waals surface area contributed by atoms with E-state index in [0.29, 0.717) is 17.7 Å². The molecule has 1 heterocycles. The molecular formula is C18H19FO2. The minimum Gasteiger partial charge on any atom is -0.486 e. The summed E-state index contributed by atoms with van der Waals surface area (Å²) in [6, 6.07) is 14.5. The van der Waals surface area contributed by atoms with Crippen LogP contribution in [0.2, 0.25) is 0 Å². The smallest absolute Gasteiger partial charge is 0.126 e. The molecule has 1 N–H and O–H groups in total. The van der Waals surface area contributed by atoms with E-state index in [9.17, 15) is 9.50 Å². The Labute approximate surface area is 124 Å². The van der Waals surface area contributed by atoms with Gasteiger partial charge in [-0.25, -0.2) is 4.39 Å². The van der Waals surface area contributed by atoms with E-state index < -0.39 is 11.7 Å². The molecule has 0 fully saturated rings. The van der Waals surface area contributed by atoms with Crippen LogP contribution < -0.4 is 4.74 Å². The summed E-state index contributed by atoms with van der Waals surface area (Å²) < 4.78 is 19.5. The molecule has 0 spiro atoms. The molecule has 2 aromatic rings. The predicted octanol–water partition coefficient (Wildman–Crippen LogP) is 4.03. The number of benzene rings is 2. The predicted molar refractivity (Wildman–Crippen MR) is 79.8 cm³/mol. The molecule has 0 amide bonds. The Kier molecular flexibility index (Phi) is 3.68. The van der Waals surface area contributed by atoms with Crippen LogP contribution in [-0.4, -0.2) is 10.7 Å². The maximum absolute atomic E-state index is 13.3. The number of hydrogen-bond donors (Lipinski definition) is 1. The van der Waals surface area contributed by atoms with Crippen LogP contribution in [0.1, 0.15) is 37.0 Å². The first-order valence-electron chi connectivity index (χ1n) is 7.32. The van der Waals surface area contributed by atoms with Crippen molar-refractivity contribution in [1.29, 1.82) is 0 Å². The summed E-state index contributed by atoms with van der Waals surface area (Å²) in [5.41, 5.74) is 1.29. The standard InChI is InChI=1S/C18H19FO2/c1-2-18(11-13-6-4-3-5-7-13)12-16(20)15-10-14(19)8-9-17(15)21-18/h3-10,16,20H,2,11-12H2,1H3/t16-,18?/m0/s1. The van der Waals surface area contributed by atoms with Gasteiger partial charge in [-0.1, -0.05) is 37.3 Å². The molecule has 0 aromatic heterocycles. The van der Waals surface area contributed by atoms with Crippen molar-refractivity contribution in [1.82, 2.24) is 0 Å². The van der Waals surface area contributed by atoms with Gasteiger partial charge in [0, 0.05) is 18.4 Å². The summed E-state index contributed by atoms with van der Waals surface area (Å²) in [6.45, 7) is 2.06. The Bertz CT molecular complexity index is 626. The first kappa shape index (κ1) is 14.1. The zero-order valence-corrected chi connectivity index (χ0v) is 12.1. The highest BCUT2D eigenvalue weighted by Crippen LogP contribution is 2.42. The molecule has 0 aliphatic carbocycles. The first-order valence-corrected chi connectivity index (χ1v) is 7.32. The number of halogens is 1. The van der Waals surface area contributed by atoms with Crippen molar-refractivity contribution < 1.29 is 14.2 Å². The fraction of sp³-hybridized carbons (Fsp3) is 0.333. The number of aliphatic hydroxyl groups excluding tert-OH is 1. The highest BCUT2D eigenvalue weighted by molar-refractivity contribution is 5.39. The third-order valence-corrected chi connectivity index (χ3v) is 4.24. The molecule has 1 aliphatic heterocycles. The van der Waals surface area contributed by atoms with Gasteiger partial charge in [-0.3, -0.25) is 0 Å². The lowest BCUT2D eigenvalue weighted by Crippen LogP contribution is -2.42. The van der Waals surface area contributed by atoms with Crippen LogP contribution in [-0.2, 0) is 6.42 Å². The number of hydrogen-bond acceptors (Lipinski definition) is 2. The highest BCUT2D eigenvalue weighted by Gasteiger charge is 2.39. The van der Waals surface area contributed by atoms with Crippen LogP contribution in [0, 0.1) is 5.82 Å². The number of aliphatic hydroxyl groups is 1. The van der Waals surface area contributed by atoms with Crippen molar-refractivity contribution in [3.05, 3.63) is 65.5 Å². The normalized spacial score (nSPS) is 24.2. The monoisotopic (exact) mass is 286 g/mol. The second-order valence-electron chi connectivity index (χ2n) is 5.70. The van der Waals surface area contributed by atoms with Gasteiger partial charge in [-0.05, 0) is 30.2 Å². The molecule has 2 atom stereocenters. The maximum Gasteiger partial charge on any atom is 0.126 e. The molecule has 0 radical (unpaired) electrons. The van der Waals surface area contributed by atoms with Gasteiger partial charge in [0.2, 0.25) is 0 Å². The van der Waals surface area contributed by atoms with Crippen molar-refractivity contribution in [2.24, 2.45) is 0 Å². The minimum absolute atomic E-state index is 0.344. The molecule has 0 bridgehead atoms. The van der Waals surface area contributed by atoms with Crippen molar-refractivity contribution in [3.63, 3.8) is 0 Å². The van der Waals surface area contributed by atoms with Crippen molar-refractivity contribution >= 4 is 0 Å². The highest BCUT2D eigenvalue weighted by atomic mass is 19.1. The van der Waals surface area contributed by atoms with Crippen LogP contribution in [0.5, 0.6) is 5.75 Å². The summed E-state index contributed by atoms with van der Waals surface area (Å²) in [5.74, 6) is 0.247. The molecule has 3 rings (SSSR count). The van der Waals surface area contributed by atoms with Gasteiger partial charge in [-0.2, -0.15) is 0 Å². The van der Waals surface area contributed by atoms with Gasteiger partial charge in [0.1, 0.15) is 17.2 Å². The molecular weight excluding hydrogens is 267 g/mol. The summed E-state index contributed by atoms with van der Waals surface area (Å²) in [7, 11) is 0. The van der Waals surface area contributed by atoms with Crippen LogP contribution >= 0.6 is 0 Å². The average Bonchev–Trinajstić information content (AvgIpc) is 2.49. The van der Waals surface area contributed by atoms with E-state index in [4.69, 9.17) is 4.74 Å². The van der Waals surface area contributed by atoms with Gasteiger partial charge in [0.05, 0.1) is 6.10 Å². The van der Waals surface area contributed by atoms with E-state index in [0.717, 1.165) is 12.8 Å². The largest absolute Gasteiger partial charge is 0.486 e. The van der Waals surface area contributed by atoms with Crippen LogP contribution in [0.15, 0.2) is 48.5 Å². The average molecular weight is 286 g/mol. The van der Waals surface area contributed by atoms with E-state index in [-0.39, 0.29) is 5.82 Å². The summed E-state index contributed by atoms with van der Waals surface area (Å²) in [4.78, 5) is 0. The molecule has 110 valence electrons. The zero-order chi connectivity index (χ0) is 14.9.